The smallest absolute Gasteiger partial charge is 0.120 e. The third kappa shape index (κ3) is 2.88. The highest BCUT2D eigenvalue weighted by atomic mass is 16.3. The highest BCUT2D eigenvalue weighted by Crippen LogP contribution is 2.23. The van der Waals surface area contributed by atoms with Crippen LogP contribution in [0.1, 0.15) is 30.0 Å². The molecule has 0 aliphatic rings. The lowest BCUT2D eigenvalue weighted by Crippen LogP contribution is -2.17. The lowest BCUT2D eigenvalue weighted by molar-refractivity contribution is 0.428. The first-order valence-corrected chi connectivity index (χ1v) is 5.73. The molecule has 0 radical (unpaired) electrons. The van der Waals surface area contributed by atoms with Gasteiger partial charge in [-0.1, -0.05) is 18.2 Å². The molecule has 0 saturated heterocycles. The van der Waals surface area contributed by atoms with Crippen LogP contribution in [0.5, 0.6) is 5.75 Å². The van der Waals surface area contributed by atoms with Crippen LogP contribution in [0.4, 0.5) is 0 Å². The molecule has 2 rings (SSSR count). The van der Waals surface area contributed by atoms with E-state index in [4.69, 9.17) is 4.42 Å². The van der Waals surface area contributed by atoms with Gasteiger partial charge in [-0.15, -0.1) is 0 Å². The summed E-state index contributed by atoms with van der Waals surface area (Å²) in [6.45, 7) is 4.60. The number of rotatable bonds is 4. The molecule has 0 bridgehead atoms. The Hall–Kier alpha value is -1.74. The third-order valence-corrected chi connectivity index (χ3v) is 2.78. The van der Waals surface area contributed by atoms with E-state index in [1.54, 1.807) is 6.07 Å². The van der Waals surface area contributed by atoms with Crippen molar-refractivity contribution in [3.05, 3.63) is 53.5 Å². The molecule has 1 aromatic carbocycles. The molecule has 3 nitrogen and oxygen atoms in total. The van der Waals surface area contributed by atoms with Crippen molar-refractivity contribution >= 4 is 0 Å². The van der Waals surface area contributed by atoms with Crippen LogP contribution in [0.3, 0.4) is 0 Å². The summed E-state index contributed by atoms with van der Waals surface area (Å²) in [5, 5.41) is 13.0. The fourth-order valence-electron chi connectivity index (χ4n) is 1.80. The van der Waals surface area contributed by atoms with Gasteiger partial charge >= 0.3 is 0 Å². The van der Waals surface area contributed by atoms with Gasteiger partial charge in [0.15, 0.2) is 0 Å². The largest absolute Gasteiger partial charge is 0.508 e. The topological polar surface area (TPSA) is 45.4 Å². The molecule has 0 spiro atoms. The van der Waals surface area contributed by atoms with E-state index in [1.165, 1.54) is 0 Å². The molecule has 2 aromatic rings. The number of para-hydroxylation sites is 1. The van der Waals surface area contributed by atoms with E-state index >= 15 is 0 Å². The predicted octanol–water partition coefficient (Wildman–Crippen LogP) is 3.14. The summed E-state index contributed by atoms with van der Waals surface area (Å²) in [6, 6.07) is 11.3. The van der Waals surface area contributed by atoms with Crippen molar-refractivity contribution in [3.63, 3.8) is 0 Å². The van der Waals surface area contributed by atoms with Gasteiger partial charge in [0.05, 0.1) is 6.54 Å². The van der Waals surface area contributed by atoms with Gasteiger partial charge in [-0.05, 0) is 32.0 Å². The normalized spacial score (nSPS) is 12.6. The second-order valence-electron chi connectivity index (χ2n) is 4.17. The van der Waals surface area contributed by atoms with Crippen LogP contribution in [-0.4, -0.2) is 5.11 Å². The molecule has 0 aliphatic heterocycles. The van der Waals surface area contributed by atoms with Gasteiger partial charge in [0.2, 0.25) is 0 Å². The fraction of sp³-hybridized carbons (Fsp3) is 0.286. The maximum atomic E-state index is 9.72. The minimum atomic E-state index is 0.0848. The number of aromatic hydroxyl groups is 1. The first-order chi connectivity index (χ1) is 8.16. The summed E-state index contributed by atoms with van der Waals surface area (Å²) in [5.74, 6) is 2.14. The van der Waals surface area contributed by atoms with Gasteiger partial charge < -0.3 is 14.8 Å². The average Bonchev–Trinajstić information content (AvgIpc) is 2.73. The summed E-state index contributed by atoms with van der Waals surface area (Å²) in [7, 11) is 0. The van der Waals surface area contributed by atoms with E-state index in [2.05, 4.69) is 5.32 Å². The first kappa shape index (κ1) is 11.7. The van der Waals surface area contributed by atoms with Gasteiger partial charge in [0.1, 0.15) is 17.3 Å². The zero-order valence-electron chi connectivity index (χ0n) is 10.1. The number of phenolic OH excluding ortho intramolecular Hbond substituents is 1. The van der Waals surface area contributed by atoms with Crippen LogP contribution < -0.4 is 5.32 Å². The molecule has 0 amide bonds. The summed E-state index contributed by atoms with van der Waals surface area (Å²) in [5.41, 5.74) is 0.899. The molecule has 17 heavy (non-hydrogen) atoms. The van der Waals surface area contributed by atoms with Gasteiger partial charge in [-0.3, -0.25) is 0 Å². The minimum Gasteiger partial charge on any atom is -0.508 e. The van der Waals surface area contributed by atoms with Crippen molar-refractivity contribution in [2.45, 2.75) is 26.4 Å². The lowest BCUT2D eigenvalue weighted by atomic mass is 10.1. The zero-order chi connectivity index (χ0) is 12.3. The van der Waals surface area contributed by atoms with Crippen LogP contribution in [0.15, 0.2) is 40.8 Å². The van der Waals surface area contributed by atoms with Crippen LogP contribution in [-0.2, 0) is 6.54 Å². The van der Waals surface area contributed by atoms with Crippen LogP contribution in [0, 0.1) is 6.92 Å². The molecule has 0 fully saturated rings. The molecule has 1 unspecified atom stereocenters. The maximum absolute atomic E-state index is 9.72. The molecule has 0 saturated carbocycles. The summed E-state index contributed by atoms with van der Waals surface area (Å²) >= 11 is 0. The standard InChI is InChI=1S/C14H17NO2/c1-10-7-8-12(17-10)9-15-11(2)13-5-3-4-6-14(13)16/h3-8,11,15-16H,9H2,1-2H3. The lowest BCUT2D eigenvalue weighted by Gasteiger charge is -2.14. The molecule has 1 aromatic heterocycles. The fourth-order valence-corrected chi connectivity index (χ4v) is 1.80. The Kier molecular flexibility index (Phi) is 3.49. The number of furan rings is 1. The Morgan fingerprint density at radius 3 is 2.65 bits per heavy atom. The number of aryl methyl sites for hydroxylation is 1. The van der Waals surface area contributed by atoms with E-state index in [0.717, 1.165) is 17.1 Å². The van der Waals surface area contributed by atoms with Gasteiger partial charge in [-0.25, -0.2) is 0 Å². The molecule has 2 N–H and O–H groups in total. The third-order valence-electron chi connectivity index (χ3n) is 2.78. The number of nitrogens with one attached hydrogen (secondary N) is 1. The minimum absolute atomic E-state index is 0.0848. The van der Waals surface area contributed by atoms with Crippen molar-refractivity contribution < 1.29 is 9.52 Å². The number of benzene rings is 1. The molecule has 1 heterocycles. The quantitative estimate of drug-likeness (QED) is 0.849. The Morgan fingerprint density at radius 1 is 1.24 bits per heavy atom. The van der Waals surface area contributed by atoms with Crippen molar-refractivity contribution in [2.24, 2.45) is 0 Å². The second-order valence-corrected chi connectivity index (χ2v) is 4.17. The molecule has 90 valence electrons. The Morgan fingerprint density at radius 2 is 2.00 bits per heavy atom. The van der Waals surface area contributed by atoms with Crippen molar-refractivity contribution in [2.75, 3.05) is 0 Å². The van der Waals surface area contributed by atoms with Gasteiger partial charge in [-0.2, -0.15) is 0 Å². The first-order valence-electron chi connectivity index (χ1n) is 5.73. The summed E-state index contributed by atoms with van der Waals surface area (Å²) in [6.07, 6.45) is 0. The molecule has 3 heteroatoms. The van der Waals surface area contributed by atoms with Crippen LogP contribution >= 0.6 is 0 Å². The molecule has 0 aliphatic carbocycles. The van der Waals surface area contributed by atoms with Crippen LogP contribution in [0.2, 0.25) is 0 Å². The summed E-state index contributed by atoms with van der Waals surface area (Å²) in [4.78, 5) is 0. The van der Waals surface area contributed by atoms with E-state index in [9.17, 15) is 5.11 Å². The number of hydrogen-bond acceptors (Lipinski definition) is 3. The average molecular weight is 231 g/mol. The van der Waals surface area contributed by atoms with Crippen LogP contribution in [0.25, 0.3) is 0 Å². The van der Waals surface area contributed by atoms with Gasteiger partial charge in [0.25, 0.3) is 0 Å². The van der Waals surface area contributed by atoms with E-state index in [1.807, 2.05) is 44.2 Å². The van der Waals surface area contributed by atoms with E-state index < -0.39 is 0 Å². The monoisotopic (exact) mass is 231 g/mol. The molecular weight excluding hydrogens is 214 g/mol. The second kappa shape index (κ2) is 5.06. The number of hydrogen-bond donors (Lipinski definition) is 2. The van der Waals surface area contributed by atoms with Crippen molar-refractivity contribution in [1.29, 1.82) is 0 Å². The zero-order valence-corrected chi connectivity index (χ0v) is 10.1. The van der Waals surface area contributed by atoms with Crippen molar-refractivity contribution in [1.82, 2.24) is 5.32 Å². The molecular formula is C14H17NO2. The summed E-state index contributed by atoms with van der Waals surface area (Å²) < 4.78 is 5.48. The van der Waals surface area contributed by atoms with Crippen molar-refractivity contribution in [3.8, 4) is 5.75 Å². The Labute approximate surface area is 101 Å². The number of phenols is 1. The Bertz CT molecular complexity index is 490. The highest BCUT2D eigenvalue weighted by molar-refractivity contribution is 5.34. The highest BCUT2D eigenvalue weighted by Gasteiger charge is 2.09. The SMILES string of the molecule is Cc1ccc(CNC(C)c2ccccc2O)o1. The van der Waals surface area contributed by atoms with E-state index in [-0.39, 0.29) is 6.04 Å². The molecule has 1 atom stereocenters. The predicted molar refractivity (Wildman–Crippen MR) is 66.8 cm³/mol. The van der Waals surface area contributed by atoms with Gasteiger partial charge in [0, 0.05) is 11.6 Å². The van der Waals surface area contributed by atoms with E-state index in [0.29, 0.717) is 12.3 Å². The maximum Gasteiger partial charge on any atom is 0.120 e. The Balaban J connectivity index is 1.98.